The summed E-state index contributed by atoms with van der Waals surface area (Å²) in [5.74, 6) is -1.45. The lowest BCUT2D eigenvalue weighted by atomic mass is 10.1. The number of morpholine rings is 1. The normalized spacial score (nSPS) is 14.7. The highest BCUT2D eigenvalue weighted by atomic mass is 16.5. The predicted molar refractivity (Wildman–Crippen MR) is 82.3 cm³/mol. The molecule has 0 unspecified atom stereocenters. The van der Waals surface area contributed by atoms with E-state index in [0.717, 1.165) is 5.56 Å². The van der Waals surface area contributed by atoms with Crippen LogP contribution in [0.2, 0.25) is 0 Å². The molecule has 1 fully saturated rings. The summed E-state index contributed by atoms with van der Waals surface area (Å²) in [6.07, 6.45) is 0. The van der Waals surface area contributed by atoms with Gasteiger partial charge < -0.3 is 19.8 Å². The molecule has 0 spiro atoms. The standard InChI is InChI=1S/C16H17N3O4/c1-10-3-2-4-11(9-10)14-17-12(13(20)15(21)18-14)16(22)19-5-7-23-8-6-19/h2-4,9,20H,5-8H2,1H3,(H,17,18,21). The Morgan fingerprint density at radius 1 is 1.22 bits per heavy atom. The van der Waals surface area contributed by atoms with E-state index in [0.29, 0.717) is 31.9 Å². The van der Waals surface area contributed by atoms with E-state index in [9.17, 15) is 15.0 Å². The molecule has 1 saturated heterocycles. The molecule has 1 aliphatic heterocycles. The molecule has 0 atom stereocenters. The summed E-state index contributed by atoms with van der Waals surface area (Å²) >= 11 is 0. The molecule has 7 nitrogen and oxygen atoms in total. The highest BCUT2D eigenvalue weighted by Gasteiger charge is 2.26. The van der Waals surface area contributed by atoms with E-state index < -0.39 is 17.5 Å². The number of ether oxygens (including phenoxy) is 1. The third-order valence-corrected chi connectivity index (χ3v) is 3.64. The smallest absolute Gasteiger partial charge is 0.276 e. The second-order valence-electron chi connectivity index (χ2n) is 5.34. The first-order valence-electron chi connectivity index (χ1n) is 7.30. The summed E-state index contributed by atoms with van der Waals surface area (Å²) in [5.41, 5.74) is 1.46. The van der Waals surface area contributed by atoms with Gasteiger partial charge in [-0.05, 0) is 13.0 Å². The Labute approximate surface area is 133 Å². The van der Waals surface area contributed by atoms with Crippen LogP contribution in [0, 0.1) is 6.92 Å². The molecule has 0 bridgehead atoms. The van der Waals surface area contributed by atoms with Crippen molar-refractivity contribution in [1.82, 2.24) is 14.9 Å². The Balaban J connectivity index is 2.01. The summed E-state index contributed by atoms with van der Waals surface area (Å²) in [7, 11) is 0. The Bertz CT molecular complexity index is 742. The molecule has 2 heterocycles. The van der Waals surface area contributed by atoms with Gasteiger partial charge in [-0.1, -0.05) is 23.8 Å². The molecule has 1 amide bonds. The number of carbonyl (C=O) groups is 1. The summed E-state index contributed by atoms with van der Waals surface area (Å²) in [6, 6.07) is 7.38. The molecular weight excluding hydrogens is 298 g/mol. The number of nitrogens with zero attached hydrogens (tertiary/aromatic N) is 3. The van der Waals surface area contributed by atoms with Gasteiger partial charge >= 0.3 is 0 Å². The second kappa shape index (κ2) is 6.21. The lowest BCUT2D eigenvalue weighted by Crippen LogP contribution is -2.41. The van der Waals surface area contributed by atoms with Gasteiger partial charge in [0.15, 0.2) is 11.5 Å². The minimum absolute atomic E-state index is 0.195. The molecule has 1 aromatic carbocycles. The van der Waals surface area contributed by atoms with Gasteiger partial charge in [0.05, 0.1) is 13.2 Å². The lowest BCUT2D eigenvalue weighted by molar-refractivity contribution is 0.0296. The van der Waals surface area contributed by atoms with Crippen LogP contribution >= 0.6 is 0 Å². The van der Waals surface area contributed by atoms with Crippen LogP contribution in [-0.4, -0.2) is 57.3 Å². The Morgan fingerprint density at radius 2 is 1.96 bits per heavy atom. The summed E-state index contributed by atoms with van der Waals surface area (Å²) in [4.78, 5) is 22.1. The van der Waals surface area contributed by atoms with Crippen molar-refractivity contribution in [2.24, 2.45) is 0 Å². The minimum atomic E-state index is -0.604. The third kappa shape index (κ3) is 3.09. The van der Waals surface area contributed by atoms with Gasteiger partial charge in [-0.25, -0.2) is 4.98 Å². The van der Waals surface area contributed by atoms with E-state index in [1.807, 2.05) is 25.1 Å². The fraction of sp³-hybridized carbons (Fsp3) is 0.312. The highest BCUT2D eigenvalue weighted by Crippen LogP contribution is 2.30. The van der Waals surface area contributed by atoms with Crippen LogP contribution in [0.3, 0.4) is 0 Å². The van der Waals surface area contributed by atoms with Crippen LogP contribution in [0.1, 0.15) is 16.1 Å². The number of hydrogen-bond acceptors (Lipinski definition) is 6. The van der Waals surface area contributed by atoms with Crippen molar-refractivity contribution in [1.29, 1.82) is 0 Å². The number of aryl methyl sites for hydroxylation is 1. The van der Waals surface area contributed by atoms with Crippen molar-refractivity contribution >= 4 is 5.91 Å². The first kappa shape index (κ1) is 15.2. The fourth-order valence-electron chi connectivity index (χ4n) is 2.42. The van der Waals surface area contributed by atoms with E-state index in [1.54, 1.807) is 6.07 Å². The largest absolute Gasteiger partial charge is 0.501 e. The zero-order valence-electron chi connectivity index (χ0n) is 12.7. The summed E-state index contributed by atoms with van der Waals surface area (Å²) in [6.45, 7) is 3.64. The predicted octanol–water partition coefficient (Wildman–Crippen LogP) is 1.34. The van der Waals surface area contributed by atoms with Gasteiger partial charge in [0, 0.05) is 18.7 Å². The van der Waals surface area contributed by atoms with Gasteiger partial charge in [-0.2, -0.15) is 4.98 Å². The first-order valence-corrected chi connectivity index (χ1v) is 7.30. The molecule has 1 aromatic heterocycles. The summed E-state index contributed by atoms with van der Waals surface area (Å²) in [5, 5.41) is 19.8. The SMILES string of the molecule is Cc1cccc(-c2nc(O)c(O)c(C(=O)N3CCOCC3)n2)c1. The van der Waals surface area contributed by atoms with Crippen LogP contribution in [-0.2, 0) is 4.74 Å². The van der Waals surface area contributed by atoms with Crippen molar-refractivity contribution in [3.05, 3.63) is 35.5 Å². The molecular formula is C16H17N3O4. The number of benzene rings is 1. The van der Waals surface area contributed by atoms with Crippen molar-refractivity contribution in [2.75, 3.05) is 26.3 Å². The Kier molecular flexibility index (Phi) is 4.12. The maximum atomic E-state index is 12.5. The van der Waals surface area contributed by atoms with Gasteiger partial charge in [0.2, 0.25) is 5.75 Å². The van der Waals surface area contributed by atoms with Gasteiger partial charge in [0.1, 0.15) is 0 Å². The van der Waals surface area contributed by atoms with E-state index in [4.69, 9.17) is 4.74 Å². The molecule has 1 aliphatic rings. The van der Waals surface area contributed by atoms with Crippen LogP contribution < -0.4 is 0 Å². The number of aromatic hydroxyl groups is 2. The van der Waals surface area contributed by atoms with Crippen LogP contribution in [0.25, 0.3) is 11.4 Å². The number of aromatic nitrogens is 2. The molecule has 2 N–H and O–H groups in total. The average Bonchev–Trinajstić information content (AvgIpc) is 2.57. The second-order valence-corrected chi connectivity index (χ2v) is 5.34. The van der Waals surface area contributed by atoms with Crippen molar-refractivity contribution in [3.8, 4) is 23.0 Å². The molecule has 7 heteroatoms. The van der Waals surface area contributed by atoms with E-state index >= 15 is 0 Å². The zero-order valence-corrected chi connectivity index (χ0v) is 12.7. The highest BCUT2D eigenvalue weighted by molar-refractivity contribution is 5.96. The number of amides is 1. The fourth-order valence-corrected chi connectivity index (χ4v) is 2.42. The zero-order chi connectivity index (χ0) is 16.4. The van der Waals surface area contributed by atoms with Crippen molar-refractivity contribution in [2.45, 2.75) is 6.92 Å². The Morgan fingerprint density at radius 3 is 2.65 bits per heavy atom. The molecule has 0 aliphatic carbocycles. The lowest BCUT2D eigenvalue weighted by Gasteiger charge is -2.26. The van der Waals surface area contributed by atoms with E-state index in [1.165, 1.54) is 4.90 Å². The monoisotopic (exact) mass is 315 g/mol. The molecule has 0 radical (unpaired) electrons. The van der Waals surface area contributed by atoms with Crippen LogP contribution in [0.5, 0.6) is 11.6 Å². The minimum Gasteiger partial charge on any atom is -0.501 e. The van der Waals surface area contributed by atoms with Gasteiger partial charge in [-0.3, -0.25) is 4.79 Å². The Hall–Kier alpha value is -2.67. The molecule has 120 valence electrons. The maximum absolute atomic E-state index is 12.5. The van der Waals surface area contributed by atoms with Gasteiger partial charge in [-0.15, -0.1) is 0 Å². The molecule has 0 saturated carbocycles. The quantitative estimate of drug-likeness (QED) is 0.868. The first-order chi connectivity index (χ1) is 11.1. The molecule has 23 heavy (non-hydrogen) atoms. The maximum Gasteiger partial charge on any atom is 0.276 e. The number of hydrogen-bond donors (Lipinski definition) is 2. The number of carbonyl (C=O) groups excluding carboxylic acids is 1. The third-order valence-electron chi connectivity index (χ3n) is 3.64. The summed E-state index contributed by atoms with van der Waals surface area (Å²) < 4.78 is 5.21. The number of rotatable bonds is 2. The van der Waals surface area contributed by atoms with Crippen molar-refractivity contribution < 1.29 is 19.7 Å². The molecule has 3 rings (SSSR count). The topological polar surface area (TPSA) is 95.8 Å². The average molecular weight is 315 g/mol. The van der Waals surface area contributed by atoms with E-state index in [-0.39, 0.29) is 11.5 Å². The van der Waals surface area contributed by atoms with E-state index in [2.05, 4.69) is 9.97 Å². The van der Waals surface area contributed by atoms with Gasteiger partial charge in [0.25, 0.3) is 11.8 Å². The van der Waals surface area contributed by atoms with Crippen molar-refractivity contribution in [3.63, 3.8) is 0 Å². The van der Waals surface area contributed by atoms with Crippen LogP contribution in [0.15, 0.2) is 24.3 Å². The molecule has 2 aromatic rings. The van der Waals surface area contributed by atoms with Crippen LogP contribution in [0.4, 0.5) is 0 Å².